The Morgan fingerprint density at radius 3 is 2.90 bits per heavy atom. The van der Waals surface area contributed by atoms with E-state index in [0.717, 1.165) is 35.1 Å². The van der Waals surface area contributed by atoms with Crippen molar-refractivity contribution in [2.75, 3.05) is 26.7 Å². The molecule has 21 heavy (non-hydrogen) atoms. The van der Waals surface area contributed by atoms with Crippen molar-refractivity contribution >= 4 is 15.9 Å². The number of halogens is 1. The first-order valence-corrected chi connectivity index (χ1v) is 8.78. The Labute approximate surface area is 136 Å². The van der Waals surface area contributed by atoms with Gasteiger partial charge in [-0.1, -0.05) is 15.9 Å². The second-order valence-corrected chi connectivity index (χ2v) is 7.53. The van der Waals surface area contributed by atoms with Gasteiger partial charge >= 0.3 is 0 Å². The zero-order valence-corrected chi connectivity index (χ0v) is 14.5. The van der Waals surface area contributed by atoms with E-state index in [2.05, 4.69) is 45.8 Å². The lowest BCUT2D eigenvalue weighted by Crippen LogP contribution is -2.53. The number of nitrogens with zero attached hydrogens (tertiary/aromatic N) is 2. The monoisotopic (exact) mass is 352 g/mol. The molecule has 3 unspecified atom stereocenters. The van der Waals surface area contributed by atoms with Gasteiger partial charge in [-0.15, -0.1) is 0 Å². The van der Waals surface area contributed by atoms with Crippen molar-refractivity contribution in [3.05, 3.63) is 28.2 Å². The predicted molar refractivity (Wildman–Crippen MR) is 89.6 cm³/mol. The maximum absolute atomic E-state index is 10.2. The lowest BCUT2D eigenvalue weighted by molar-refractivity contribution is 0.0225. The van der Waals surface area contributed by atoms with E-state index in [9.17, 15) is 5.11 Å². The minimum absolute atomic E-state index is 0.274. The van der Waals surface area contributed by atoms with Crippen molar-refractivity contribution in [2.45, 2.75) is 38.3 Å². The van der Waals surface area contributed by atoms with Gasteiger partial charge in [0.25, 0.3) is 0 Å². The summed E-state index contributed by atoms with van der Waals surface area (Å²) < 4.78 is 1.04. The maximum Gasteiger partial charge on any atom is 0.120 e. The van der Waals surface area contributed by atoms with E-state index in [1.165, 1.54) is 25.8 Å². The van der Waals surface area contributed by atoms with Crippen LogP contribution in [0.15, 0.2) is 22.7 Å². The van der Waals surface area contributed by atoms with E-state index in [1.54, 1.807) is 6.07 Å². The summed E-state index contributed by atoms with van der Waals surface area (Å²) in [4.78, 5) is 5.09. The number of hydrogen-bond acceptors (Lipinski definition) is 3. The Hall–Kier alpha value is -0.580. The van der Waals surface area contributed by atoms with E-state index in [-0.39, 0.29) is 6.04 Å². The Morgan fingerprint density at radius 2 is 2.10 bits per heavy atom. The fourth-order valence-electron chi connectivity index (χ4n) is 4.09. The Morgan fingerprint density at radius 1 is 1.29 bits per heavy atom. The topological polar surface area (TPSA) is 26.7 Å². The quantitative estimate of drug-likeness (QED) is 0.880. The molecule has 3 atom stereocenters. The molecule has 2 fully saturated rings. The van der Waals surface area contributed by atoms with Gasteiger partial charge < -0.3 is 10.0 Å². The fraction of sp³-hybridized carbons (Fsp3) is 0.647. The summed E-state index contributed by atoms with van der Waals surface area (Å²) in [5.74, 6) is 1.20. The van der Waals surface area contributed by atoms with E-state index < -0.39 is 0 Å². The number of piperidine rings is 2. The third-order valence-electron chi connectivity index (χ3n) is 5.36. The summed E-state index contributed by atoms with van der Waals surface area (Å²) in [6.45, 7) is 5.75. The largest absolute Gasteiger partial charge is 0.508 e. The van der Waals surface area contributed by atoms with Crippen molar-refractivity contribution in [1.82, 2.24) is 9.80 Å². The Bertz CT molecular complexity index is 508. The van der Waals surface area contributed by atoms with Gasteiger partial charge in [-0.25, -0.2) is 0 Å². The second kappa shape index (κ2) is 6.27. The standard InChI is InChI=1S/C17H25BrN2O/c1-12(15-10-14(18)5-6-17(15)21)20-9-7-16-13(11-20)4-3-8-19(16)2/h5-6,10,12-13,16,21H,3-4,7-9,11H2,1-2H3. The molecular weight excluding hydrogens is 328 g/mol. The molecule has 3 nitrogen and oxygen atoms in total. The molecule has 4 heteroatoms. The molecule has 2 aliphatic heterocycles. The Balaban J connectivity index is 1.74. The summed E-state index contributed by atoms with van der Waals surface area (Å²) in [5, 5.41) is 10.2. The van der Waals surface area contributed by atoms with E-state index >= 15 is 0 Å². The summed E-state index contributed by atoms with van der Waals surface area (Å²) in [6, 6.07) is 6.78. The highest BCUT2D eigenvalue weighted by Crippen LogP contribution is 2.36. The molecule has 116 valence electrons. The van der Waals surface area contributed by atoms with E-state index in [1.807, 2.05) is 6.07 Å². The molecule has 0 saturated carbocycles. The first-order chi connectivity index (χ1) is 10.1. The van der Waals surface area contributed by atoms with Crippen molar-refractivity contribution in [3.63, 3.8) is 0 Å². The minimum Gasteiger partial charge on any atom is -0.508 e. The van der Waals surface area contributed by atoms with Crippen LogP contribution in [0.2, 0.25) is 0 Å². The van der Waals surface area contributed by atoms with Crippen LogP contribution in [0.4, 0.5) is 0 Å². The normalized spacial score (nSPS) is 29.1. The number of phenols is 1. The first kappa shape index (κ1) is 15.3. The van der Waals surface area contributed by atoms with Crippen LogP contribution in [0.1, 0.15) is 37.8 Å². The average molecular weight is 353 g/mol. The zero-order valence-electron chi connectivity index (χ0n) is 12.9. The molecule has 0 spiro atoms. The fourth-order valence-corrected chi connectivity index (χ4v) is 4.47. The third-order valence-corrected chi connectivity index (χ3v) is 5.86. The molecule has 0 radical (unpaired) electrons. The average Bonchev–Trinajstić information content (AvgIpc) is 2.49. The highest BCUT2D eigenvalue weighted by molar-refractivity contribution is 9.10. The van der Waals surface area contributed by atoms with Gasteiger partial charge in [-0.3, -0.25) is 4.90 Å². The number of benzene rings is 1. The van der Waals surface area contributed by atoms with Crippen LogP contribution >= 0.6 is 15.9 Å². The van der Waals surface area contributed by atoms with Crippen LogP contribution in [0.25, 0.3) is 0 Å². The lowest BCUT2D eigenvalue weighted by atomic mass is 9.83. The predicted octanol–water partition coefficient (Wildman–Crippen LogP) is 3.63. The summed E-state index contributed by atoms with van der Waals surface area (Å²) in [5.41, 5.74) is 1.03. The highest BCUT2D eigenvalue weighted by Gasteiger charge is 2.36. The number of rotatable bonds is 2. The maximum atomic E-state index is 10.2. The first-order valence-electron chi connectivity index (χ1n) is 7.99. The van der Waals surface area contributed by atoms with Gasteiger partial charge in [0.1, 0.15) is 5.75 Å². The molecule has 2 aliphatic rings. The lowest BCUT2D eigenvalue weighted by Gasteiger charge is -2.47. The van der Waals surface area contributed by atoms with Gasteiger partial charge in [-0.2, -0.15) is 0 Å². The van der Waals surface area contributed by atoms with Crippen LogP contribution in [0.3, 0.4) is 0 Å². The molecule has 3 rings (SSSR count). The van der Waals surface area contributed by atoms with Gasteiger partial charge in [0, 0.05) is 35.2 Å². The molecule has 1 aromatic rings. The van der Waals surface area contributed by atoms with Crippen molar-refractivity contribution < 1.29 is 5.11 Å². The van der Waals surface area contributed by atoms with Crippen molar-refractivity contribution in [1.29, 1.82) is 0 Å². The number of hydrogen-bond donors (Lipinski definition) is 1. The van der Waals surface area contributed by atoms with Gasteiger partial charge in [0.05, 0.1) is 0 Å². The molecule has 0 amide bonds. The zero-order chi connectivity index (χ0) is 15.0. The number of phenolic OH excluding ortho intramolecular Hbond substituents is 1. The summed E-state index contributed by atoms with van der Waals surface area (Å²) >= 11 is 3.52. The smallest absolute Gasteiger partial charge is 0.120 e. The van der Waals surface area contributed by atoms with Gasteiger partial charge in [0.2, 0.25) is 0 Å². The highest BCUT2D eigenvalue weighted by atomic mass is 79.9. The summed E-state index contributed by atoms with van der Waals surface area (Å²) in [6.07, 6.45) is 3.92. The van der Waals surface area contributed by atoms with Crippen LogP contribution in [0.5, 0.6) is 5.75 Å². The Kier molecular flexibility index (Phi) is 4.57. The number of fused-ring (bicyclic) bond motifs is 1. The molecule has 0 aromatic heterocycles. The van der Waals surface area contributed by atoms with Gasteiger partial charge in [0.15, 0.2) is 0 Å². The molecule has 0 aliphatic carbocycles. The molecular formula is C17H25BrN2O. The molecule has 2 saturated heterocycles. The van der Waals surface area contributed by atoms with Crippen LogP contribution < -0.4 is 0 Å². The minimum atomic E-state index is 0.274. The van der Waals surface area contributed by atoms with E-state index in [4.69, 9.17) is 0 Å². The van der Waals surface area contributed by atoms with Crippen molar-refractivity contribution in [3.8, 4) is 5.75 Å². The van der Waals surface area contributed by atoms with Crippen LogP contribution in [0, 0.1) is 5.92 Å². The number of likely N-dealkylation sites (tertiary alicyclic amines) is 2. The molecule has 2 heterocycles. The third kappa shape index (κ3) is 3.13. The van der Waals surface area contributed by atoms with Gasteiger partial charge in [-0.05, 0) is 63.9 Å². The summed E-state index contributed by atoms with van der Waals surface area (Å²) in [7, 11) is 2.27. The second-order valence-electron chi connectivity index (χ2n) is 6.61. The molecule has 0 bridgehead atoms. The van der Waals surface area contributed by atoms with Crippen LogP contribution in [-0.4, -0.2) is 47.6 Å². The van der Waals surface area contributed by atoms with Crippen LogP contribution in [-0.2, 0) is 0 Å². The van der Waals surface area contributed by atoms with Crippen molar-refractivity contribution in [2.24, 2.45) is 5.92 Å². The van der Waals surface area contributed by atoms with E-state index in [0.29, 0.717) is 5.75 Å². The molecule has 1 N–H and O–H groups in total. The molecule has 1 aromatic carbocycles. The SMILES string of the molecule is CC(c1cc(Br)ccc1O)N1CCC2C(CCCN2C)C1. The number of aromatic hydroxyl groups is 1.